The molecule has 0 unspecified atom stereocenters. The normalized spacial score (nSPS) is 11.0. The summed E-state index contributed by atoms with van der Waals surface area (Å²) < 4.78 is 7.85. The molecule has 2 aromatic carbocycles. The number of rotatable bonds is 10. The van der Waals surface area contributed by atoms with Crippen LogP contribution in [0.15, 0.2) is 72.9 Å². The summed E-state index contributed by atoms with van der Waals surface area (Å²) in [4.78, 5) is 17.4. The van der Waals surface area contributed by atoms with E-state index in [0.717, 1.165) is 54.0 Å². The fourth-order valence-electron chi connectivity index (χ4n) is 3.91. The molecule has 4 aromatic rings. The summed E-state index contributed by atoms with van der Waals surface area (Å²) in [6, 6.07) is 22.0. The second-order valence-corrected chi connectivity index (χ2v) is 8.36. The molecule has 0 saturated heterocycles. The number of anilines is 1. The summed E-state index contributed by atoms with van der Waals surface area (Å²) in [7, 11) is 0. The molecule has 2 aromatic heterocycles. The SMILES string of the molecule is CCCCCCC(=O)Oc1ccccc1-c1nc2cc(C)ccn2c1NCc1ccccc1. The van der Waals surface area contributed by atoms with E-state index < -0.39 is 0 Å². The molecule has 5 nitrogen and oxygen atoms in total. The van der Waals surface area contributed by atoms with Crippen LogP contribution in [0.3, 0.4) is 0 Å². The second-order valence-electron chi connectivity index (χ2n) is 8.36. The fraction of sp³-hybridized carbons (Fsp3) is 0.286. The Morgan fingerprint density at radius 1 is 1.00 bits per heavy atom. The predicted molar refractivity (Wildman–Crippen MR) is 134 cm³/mol. The fourth-order valence-corrected chi connectivity index (χ4v) is 3.91. The molecule has 0 aliphatic rings. The van der Waals surface area contributed by atoms with E-state index in [4.69, 9.17) is 9.72 Å². The number of carbonyl (C=O) groups excluding carboxylic acids is 1. The van der Waals surface area contributed by atoms with Crippen LogP contribution in [0.1, 0.15) is 50.2 Å². The number of aryl methyl sites for hydroxylation is 1. The first-order chi connectivity index (χ1) is 16.2. The van der Waals surface area contributed by atoms with Crippen LogP contribution in [0, 0.1) is 6.92 Å². The van der Waals surface area contributed by atoms with Crippen molar-refractivity contribution in [2.45, 2.75) is 52.5 Å². The minimum atomic E-state index is -0.197. The van der Waals surface area contributed by atoms with Gasteiger partial charge in [0.1, 0.15) is 22.9 Å². The van der Waals surface area contributed by atoms with Crippen LogP contribution in [0.4, 0.5) is 5.82 Å². The smallest absolute Gasteiger partial charge is 0.311 e. The second kappa shape index (κ2) is 10.8. The Labute approximate surface area is 195 Å². The summed E-state index contributed by atoms with van der Waals surface area (Å²) in [5.74, 6) is 1.22. The highest BCUT2D eigenvalue weighted by atomic mass is 16.5. The van der Waals surface area contributed by atoms with Gasteiger partial charge in [-0.3, -0.25) is 9.20 Å². The van der Waals surface area contributed by atoms with E-state index in [1.165, 1.54) is 5.56 Å². The van der Waals surface area contributed by atoms with Crippen molar-refractivity contribution in [1.82, 2.24) is 9.38 Å². The number of aromatic nitrogens is 2. The number of ether oxygens (including phenoxy) is 1. The Bertz CT molecular complexity index is 1210. The average molecular weight is 442 g/mol. The molecule has 170 valence electrons. The first kappa shape index (κ1) is 22.6. The zero-order valence-corrected chi connectivity index (χ0v) is 19.4. The van der Waals surface area contributed by atoms with E-state index in [1.807, 2.05) is 48.7 Å². The molecule has 0 amide bonds. The Kier molecular flexibility index (Phi) is 7.40. The summed E-state index contributed by atoms with van der Waals surface area (Å²) in [5.41, 5.74) is 4.74. The molecule has 0 saturated carbocycles. The number of esters is 1. The molecule has 0 fully saturated rings. The van der Waals surface area contributed by atoms with Crippen LogP contribution in [0.2, 0.25) is 0 Å². The van der Waals surface area contributed by atoms with Crippen LogP contribution < -0.4 is 10.1 Å². The van der Waals surface area contributed by atoms with Crippen molar-refractivity contribution in [1.29, 1.82) is 0 Å². The number of fused-ring (bicyclic) bond motifs is 1. The van der Waals surface area contributed by atoms with E-state index in [0.29, 0.717) is 18.7 Å². The monoisotopic (exact) mass is 441 g/mol. The summed E-state index contributed by atoms with van der Waals surface area (Å²) >= 11 is 0. The molecular formula is C28H31N3O2. The molecule has 4 rings (SSSR count). The van der Waals surface area contributed by atoms with E-state index >= 15 is 0 Å². The van der Waals surface area contributed by atoms with Crippen LogP contribution in [-0.2, 0) is 11.3 Å². The Morgan fingerprint density at radius 3 is 2.61 bits per heavy atom. The van der Waals surface area contributed by atoms with Gasteiger partial charge in [0, 0.05) is 24.7 Å². The van der Waals surface area contributed by atoms with Crippen LogP contribution in [0.25, 0.3) is 16.9 Å². The molecule has 0 aliphatic carbocycles. The third-order valence-electron chi connectivity index (χ3n) is 5.68. The van der Waals surface area contributed by atoms with Crippen molar-refractivity contribution in [2.24, 2.45) is 0 Å². The number of carbonyl (C=O) groups is 1. The number of benzene rings is 2. The number of hydrogen-bond acceptors (Lipinski definition) is 4. The molecule has 0 aliphatic heterocycles. The zero-order chi connectivity index (χ0) is 23.0. The molecule has 0 radical (unpaired) electrons. The van der Waals surface area contributed by atoms with Gasteiger partial charge in [0.15, 0.2) is 0 Å². The molecule has 5 heteroatoms. The van der Waals surface area contributed by atoms with Gasteiger partial charge in [-0.25, -0.2) is 4.98 Å². The first-order valence-electron chi connectivity index (χ1n) is 11.7. The highest BCUT2D eigenvalue weighted by Crippen LogP contribution is 2.36. The Hall–Kier alpha value is -3.60. The average Bonchev–Trinajstić information content (AvgIpc) is 3.18. The van der Waals surface area contributed by atoms with Crippen molar-refractivity contribution in [3.05, 3.63) is 84.1 Å². The highest BCUT2D eigenvalue weighted by molar-refractivity contribution is 5.83. The van der Waals surface area contributed by atoms with Crippen LogP contribution in [0.5, 0.6) is 5.75 Å². The van der Waals surface area contributed by atoms with E-state index in [-0.39, 0.29) is 5.97 Å². The molecule has 0 atom stereocenters. The van der Waals surface area contributed by atoms with Crippen molar-refractivity contribution in [3.63, 3.8) is 0 Å². The number of imidazole rings is 1. The maximum absolute atomic E-state index is 12.5. The largest absolute Gasteiger partial charge is 0.426 e. The summed E-state index contributed by atoms with van der Waals surface area (Å²) in [5, 5.41) is 3.56. The standard InChI is InChI=1S/C28H31N3O2/c1-3-4-5-9-16-26(32)33-24-15-11-10-14-23(24)27-28(29-20-22-12-7-6-8-13-22)31-18-17-21(2)19-25(31)30-27/h6-8,10-15,17-19,29H,3-5,9,16,20H2,1-2H3. The number of para-hydroxylation sites is 1. The van der Waals surface area contributed by atoms with Gasteiger partial charge in [-0.2, -0.15) is 0 Å². The van der Waals surface area contributed by atoms with E-state index in [1.54, 1.807) is 0 Å². The van der Waals surface area contributed by atoms with Gasteiger partial charge < -0.3 is 10.1 Å². The lowest BCUT2D eigenvalue weighted by Gasteiger charge is -2.12. The van der Waals surface area contributed by atoms with Gasteiger partial charge in [0.25, 0.3) is 0 Å². The third-order valence-corrected chi connectivity index (χ3v) is 5.68. The van der Waals surface area contributed by atoms with E-state index in [2.05, 4.69) is 47.8 Å². The van der Waals surface area contributed by atoms with Gasteiger partial charge >= 0.3 is 5.97 Å². The number of nitrogens with zero attached hydrogens (tertiary/aromatic N) is 2. The first-order valence-corrected chi connectivity index (χ1v) is 11.7. The lowest BCUT2D eigenvalue weighted by atomic mass is 10.1. The number of pyridine rings is 1. The molecular weight excluding hydrogens is 410 g/mol. The number of unbranched alkanes of at least 4 members (excludes halogenated alkanes) is 3. The quantitative estimate of drug-likeness (QED) is 0.167. The summed E-state index contributed by atoms with van der Waals surface area (Å²) in [6.45, 7) is 4.88. The number of nitrogens with one attached hydrogen (secondary N) is 1. The Morgan fingerprint density at radius 2 is 1.79 bits per heavy atom. The lowest BCUT2D eigenvalue weighted by Crippen LogP contribution is -2.09. The van der Waals surface area contributed by atoms with Crippen LogP contribution in [-0.4, -0.2) is 15.4 Å². The number of hydrogen-bond donors (Lipinski definition) is 1. The molecule has 0 spiro atoms. The third kappa shape index (κ3) is 5.61. The van der Waals surface area contributed by atoms with Gasteiger partial charge in [-0.1, -0.05) is 68.7 Å². The highest BCUT2D eigenvalue weighted by Gasteiger charge is 2.19. The Balaban J connectivity index is 1.65. The van der Waals surface area contributed by atoms with Gasteiger partial charge in [-0.05, 0) is 48.7 Å². The maximum Gasteiger partial charge on any atom is 0.311 e. The van der Waals surface area contributed by atoms with Crippen molar-refractivity contribution in [2.75, 3.05) is 5.32 Å². The molecule has 1 N–H and O–H groups in total. The van der Waals surface area contributed by atoms with Gasteiger partial charge in [-0.15, -0.1) is 0 Å². The molecule has 0 bridgehead atoms. The van der Waals surface area contributed by atoms with Crippen LogP contribution >= 0.6 is 0 Å². The predicted octanol–water partition coefficient (Wildman–Crippen LogP) is 6.80. The minimum absolute atomic E-state index is 0.197. The summed E-state index contributed by atoms with van der Waals surface area (Å²) in [6.07, 6.45) is 6.64. The molecule has 2 heterocycles. The van der Waals surface area contributed by atoms with Crippen molar-refractivity contribution in [3.8, 4) is 17.0 Å². The zero-order valence-electron chi connectivity index (χ0n) is 19.4. The van der Waals surface area contributed by atoms with Crippen molar-refractivity contribution >= 4 is 17.4 Å². The minimum Gasteiger partial charge on any atom is -0.426 e. The van der Waals surface area contributed by atoms with E-state index in [9.17, 15) is 4.79 Å². The topological polar surface area (TPSA) is 55.6 Å². The van der Waals surface area contributed by atoms with Gasteiger partial charge in [0.05, 0.1) is 0 Å². The van der Waals surface area contributed by atoms with Crippen molar-refractivity contribution < 1.29 is 9.53 Å². The van der Waals surface area contributed by atoms with Gasteiger partial charge in [0.2, 0.25) is 0 Å². The maximum atomic E-state index is 12.5. The lowest BCUT2D eigenvalue weighted by molar-refractivity contribution is -0.134. The molecule has 33 heavy (non-hydrogen) atoms.